The van der Waals surface area contributed by atoms with E-state index in [9.17, 15) is 18.7 Å². The van der Waals surface area contributed by atoms with Gasteiger partial charge in [0.15, 0.2) is 0 Å². The lowest BCUT2D eigenvalue weighted by atomic mass is 10.00. The Kier molecular flexibility index (Phi) is 6.20. The van der Waals surface area contributed by atoms with Crippen molar-refractivity contribution in [3.63, 3.8) is 0 Å². The first-order valence-corrected chi connectivity index (χ1v) is 8.85. The number of carbonyl (C=O) groups is 1. The van der Waals surface area contributed by atoms with Crippen LogP contribution in [0.3, 0.4) is 0 Å². The molecule has 2 aromatic carbocycles. The first-order chi connectivity index (χ1) is 11.5. The summed E-state index contributed by atoms with van der Waals surface area (Å²) in [6.45, 7) is 2.69. The SMILES string of the molecule is CCCCNc1cc(C(=O)O)cc(SC)c1-c1ccc(F)cc1F. The van der Waals surface area contributed by atoms with Crippen molar-refractivity contribution >= 4 is 23.4 Å². The Bertz CT molecular complexity index is 750. The molecular weight excluding hydrogens is 332 g/mol. The van der Waals surface area contributed by atoms with Gasteiger partial charge in [-0.15, -0.1) is 11.8 Å². The van der Waals surface area contributed by atoms with E-state index in [1.807, 2.05) is 6.92 Å². The molecule has 0 spiro atoms. The minimum atomic E-state index is -1.05. The van der Waals surface area contributed by atoms with Crippen LogP contribution >= 0.6 is 11.8 Å². The van der Waals surface area contributed by atoms with Gasteiger partial charge in [0.2, 0.25) is 0 Å². The lowest BCUT2D eigenvalue weighted by Gasteiger charge is -2.17. The third-order valence-corrected chi connectivity index (χ3v) is 4.38. The summed E-state index contributed by atoms with van der Waals surface area (Å²) in [5.74, 6) is -2.37. The van der Waals surface area contributed by atoms with E-state index in [1.165, 1.54) is 36.0 Å². The van der Waals surface area contributed by atoms with Crippen LogP contribution in [-0.4, -0.2) is 23.9 Å². The number of halogens is 2. The number of rotatable bonds is 7. The number of carboxylic acid groups (broad SMARTS) is 1. The van der Waals surface area contributed by atoms with E-state index >= 15 is 0 Å². The van der Waals surface area contributed by atoms with Crippen LogP contribution in [0.5, 0.6) is 0 Å². The number of aromatic carboxylic acids is 1. The second-order valence-corrected chi connectivity index (χ2v) is 6.16. The fraction of sp³-hybridized carbons (Fsp3) is 0.278. The van der Waals surface area contributed by atoms with Crippen molar-refractivity contribution in [1.82, 2.24) is 0 Å². The van der Waals surface area contributed by atoms with Gasteiger partial charge >= 0.3 is 5.97 Å². The Hall–Kier alpha value is -2.08. The lowest BCUT2D eigenvalue weighted by molar-refractivity contribution is 0.0696. The quantitative estimate of drug-likeness (QED) is 0.527. The van der Waals surface area contributed by atoms with Gasteiger partial charge in [0, 0.05) is 34.3 Å². The van der Waals surface area contributed by atoms with Gasteiger partial charge in [-0.25, -0.2) is 13.6 Å². The summed E-state index contributed by atoms with van der Waals surface area (Å²) >= 11 is 1.32. The Morgan fingerprint density at radius 2 is 2.00 bits per heavy atom. The summed E-state index contributed by atoms with van der Waals surface area (Å²) in [6, 6.07) is 6.42. The maximum Gasteiger partial charge on any atom is 0.335 e. The first-order valence-electron chi connectivity index (χ1n) is 7.62. The zero-order chi connectivity index (χ0) is 17.7. The van der Waals surface area contributed by atoms with Crippen molar-refractivity contribution in [3.8, 4) is 11.1 Å². The minimum Gasteiger partial charge on any atom is -0.478 e. The van der Waals surface area contributed by atoms with Crippen molar-refractivity contribution in [2.75, 3.05) is 18.1 Å². The second-order valence-electron chi connectivity index (χ2n) is 5.31. The van der Waals surface area contributed by atoms with Crippen molar-refractivity contribution in [2.24, 2.45) is 0 Å². The summed E-state index contributed by atoms with van der Waals surface area (Å²) in [5.41, 5.74) is 1.47. The smallest absolute Gasteiger partial charge is 0.335 e. The molecule has 24 heavy (non-hydrogen) atoms. The van der Waals surface area contributed by atoms with Gasteiger partial charge in [-0.2, -0.15) is 0 Å². The third kappa shape index (κ3) is 4.06. The summed E-state index contributed by atoms with van der Waals surface area (Å²) in [4.78, 5) is 12.0. The van der Waals surface area contributed by atoms with Crippen LogP contribution in [0.1, 0.15) is 30.1 Å². The molecule has 0 radical (unpaired) electrons. The van der Waals surface area contributed by atoms with E-state index in [-0.39, 0.29) is 11.1 Å². The predicted octanol–water partition coefficient (Wildman–Crippen LogP) is 5.26. The standard InChI is InChI=1S/C18H19F2NO2S/c1-3-4-7-21-15-8-11(18(22)23)9-16(24-2)17(15)13-6-5-12(19)10-14(13)20/h5-6,8-10,21H,3-4,7H2,1-2H3,(H,22,23). The molecular formula is C18H19F2NO2S. The third-order valence-electron chi connectivity index (χ3n) is 3.62. The highest BCUT2D eigenvalue weighted by Crippen LogP contribution is 2.39. The van der Waals surface area contributed by atoms with Crippen LogP contribution in [0.15, 0.2) is 35.2 Å². The summed E-state index contributed by atoms with van der Waals surface area (Å²) in [7, 11) is 0. The number of nitrogens with one attached hydrogen (secondary N) is 1. The van der Waals surface area contributed by atoms with E-state index in [0.717, 1.165) is 18.9 Å². The molecule has 0 aliphatic carbocycles. The molecule has 0 fully saturated rings. The van der Waals surface area contributed by atoms with Crippen LogP contribution < -0.4 is 5.32 Å². The topological polar surface area (TPSA) is 49.3 Å². The van der Waals surface area contributed by atoms with E-state index in [2.05, 4.69) is 5.32 Å². The maximum atomic E-state index is 14.3. The van der Waals surface area contributed by atoms with Crippen molar-refractivity contribution in [3.05, 3.63) is 47.5 Å². The molecule has 2 aromatic rings. The van der Waals surface area contributed by atoms with Gasteiger partial charge in [0.05, 0.1) is 5.56 Å². The summed E-state index contributed by atoms with van der Waals surface area (Å²) in [6.07, 6.45) is 3.67. The number of hydrogen-bond acceptors (Lipinski definition) is 3. The van der Waals surface area contributed by atoms with E-state index in [4.69, 9.17) is 0 Å². The molecule has 0 aromatic heterocycles. The van der Waals surface area contributed by atoms with Gasteiger partial charge in [0.25, 0.3) is 0 Å². The van der Waals surface area contributed by atoms with Gasteiger partial charge in [0.1, 0.15) is 11.6 Å². The normalized spacial score (nSPS) is 10.7. The molecule has 0 saturated carbocycles. The van der Waals surface area contributed by atoms with Crippen LogP contribution in [0, 0.1) is 11.6 Å². The molecule has 3 nitrogen and oxygen atoms in total. The van der Waals surface area contributed by atoms with Gasteiger partial charge in [-0.1, -0.05) is 13.3 Å². The Morgan fingerprint density at radius 1 is 1.25 bits per heavy atom. The van der Waals surface area contributed by atoms with Crippen LogP contribution in [0.2, 0.25) is 0 Å². The predicted molar refractivity (Wildman–Crippen MR) is 93.9 cm³/mol. The Balaban J connectivity index is 2.63. The van der Waals surface area contributed by atoms with Crippen LogP contribution in [0.25, 0.3) is 11.1 Å². The molecule has 0 aliphatic heterocycles. The van der Waals surface area contributed by atoms with Gasteiger partial charge < -0.3 is 10.4 Å². The minimum absolute atomic E-state index is 0.129. The molecule has 6 heteroatoms. The number of hydrogen-bond donors (Lipinski definition) is 2. The van der Waals surface area contributed by atoms with E-state index in [0.29, 0.717) is 22.7 Å². The maximum absolute atomic E-state index is 14.3. The van der Waals surface area contributed by atoms with Crippen LogP contribution in [-0.2, 0) is 0 Å². The highest BCUT2D eigenvalue weighted by molar-refractivity contribution is 7.98. The number of unbranched alkanes of at least 4 members (excludes halogenated alkanes) is 1. The van der Waals surface area contributed by atoms with Crippen molar-refractivity contribution < 1.29 is 18.7 Å². The molecule has 0 unspecified atom stereocenters. The van der Waals surface area contributed by atoms with E-state index < -0.39 is 17.6 Å². The number of anilines is 1. The summed E-state index contributed by atoms with van der Waals surface area (Å²) in [5, 5.41) is 12.5. The lowest BCUT2D eigenvalue weighted by Crippen LogP contribution is -2.07. The molecule has 2 N–H and O–H groups in total. The molecule has 0 bridgehead atoms. The van der Waals surface area contributed by atoms with Crippen molar-refractivity contribution in [2.45, 2.75) is 24.7 Å². The molecule has 2 rings (SSSR count). The fourth-order valence-electron chi connectivity index (χ4n) is 2.41. The number of carboxylic acids is 1. The van der Waals surface area contributed by atoms with Gasteiger partial charge in [-0.05, 0) is 36.9 Å². The van der Waals surface area contributed by atoms with Gasteiger partial charge in [-0.3, -0.25) is 0 Å². The summed E-state index contributed by atoms with van der Waals surface area (Å²) < 4.78 is 27.5. The zero-order valence-electron chi connectivity index (χ0n) is 13.5. The average molecular weight is 351 g/mol. The number of thioether (sulfide) groups is 1. The first kappa shape index (κ1) is 18.3. The van der Waals surface area contributed by atoms with E-state index in [1.54, 1.807) is 6.26 Å². The van der Waals surface area contributed by atoms with Crippen LogP contribution in [0.4, 0.5) is 14.5 Å². The zero-order valence-corrected chi connectivity index (χ0v) is 14.3. The fourth-order valence-corrected chi connectivity index (χ4v) is 3.08. The Morgan fingerprint density at radius 3 is 2.58 bits per heavy atom. The highest BCUT2D eigenvalue weighted by Gasteiger charge is 2.18. The molecule has 0 amide bonds. The van der Waals surface area contributed by atoms with Crippen molar-refractivity contribution in [1.29, 1.82) is 0 Å². The Labute approximate surface area is 144 Å². The molecule has 128 valence electrons. The monoisotopic (exact) mass is 351 g/mol. The average Bonchev–Trinajstić information content (AvgIpc) is 2.55. The highest BCUT2D eigenvalue weighted by atomic mass is 32.2. The molecule has 0 aliphatic rings. The largest absolute Gasteiger partial charge is 0.478 e. The molecule has 0 saturated heterocycles. The second kappa shape index (κ2) is 8.15. The molecule has 0 heterocycles. The molecule has 0 atom stereocenters. The number of benzene rings is 2.